The van der Waals surface area contributed by atoms with Crippen LogP contribution in [0, 0.1) is 10.7 Å². The van der Waals surface area contributed by atoms with Crippen molar-refractivity contribution >= 4 is 109 Å². The third kappa shape index (κ3) is 10.1. The van der Waals surface area contributed by atoms with Gasteiger partial charge < -0.3 is 39.6 Å². The predicted octanol–water partition coefficient (Wildman–Crippen LogP) is 2.94. The van der Waals surface area contributed by atoms with Gasteiger partial charge >= 0.3 is 11.9 Å². The first kappa shape index (κ1) is 36.8. The van der Waals surface area contributed by atoms with E-state index < -0.39 is 47.8 Å². The van der Waals surface area contributed by atoms with Gasteiger partial charge in [0.2, 0.25) is 11.8 Å². The van der Waals surface area contributed by atoms with Crippen LogP contribution in [-0.4, -0.2) is 85.2 Å². The van der Waals surface area contributed by atoms with Gasteiger partial charge in [0.25, 0.3) is 5.91 Å². The van der Waals surface area contributed by atoms with E-state index in [1.54, 1.807) is 20.8 Å². The molecule has 3 N–H and O–H groups in total. The Labute approximate surface area is 284 Å². The molecule has 0 bridgehead atoms. The lowest BCUT2D eigenvalue weighted by atomic mass is 10.1. The van der Waals surface area contributed by atoms with Gasteiger partial charge in [-0.15, -0.1) is 0 Å². The largest absolute Gasteiger partial charge is 0.462 e. The van der Waals surface area contributed by atoms with Crippen LogP contribution in [0.25, 0.3) is 0 Å². The fourth-order valence-electron chi connectivity index (χ4n) is 3.80. The smallest absolute Gasteiger partial charge is 0.303 e. The molecule has 2 rings (SSSR count). The van der Waals surface area contributed by atoms with E-state index in [2.05, 4.69) is 10.6 Å². The lowest BCUT2D eigenvalue weighted by Gasteiger charge is -2.30. The van der Waals surface area contributed by atoms with Gasteiger partial charge in [-0.3, -0.25) is 24.0 Å². The van der Waals surface area contributed by atoms with Crippen molar-refractivity contribution in [1.29, 1.82) is 0 Å². The van der Waals surface area contributed by atoms with Crippen LogP contribution in [0.2, 0.25) is 0 Å². The van der Waals surface area contributed by atoms with E-state index in [0.29, 0.717) is 16.4 Å². The average molecular weight is 929 g/mol. The van der Waals surface area contributed by atoms with Gasteiger partial charge in [-0.05, 0) is 81.6 Å². The molecule has 0 radical (unpaired) electrons. The van der Waals surface area contributed by atoms with Crippen molar-refractivity contribution in [3.05, 3.63) is 16.3 Å². The number of nitrogens with one attached hydrogen (secondary N) is 2. The van der Waals surface area contributed by atoms with Crippen LogP contribution < -0.4 is 15.5 Å². The number of aliphatic hydroxyl groups excluding tert-OH is 1. The standard InChI is InChI=1S/C26H34I3N3O10/c1-7-18(37)31-23-20(27)19(25(38)30-16-10-40-26(5,6)41-11-17(16)36)21(28)24(22(23)29)32(12(2)33)8-15(42-14(4)35)9-39-13(3)34/h15-17,36H,7-11H2,1-6H3,(H,30,38)(H,31,37). The highest BCUT2D eigenvalue weighted by Crippen LogP contribution is 2.41. The number of hydrogen-bond acceptors (Lipinski definition) is 10. The summed E-state index contributed by atoms with van der Waals surface area (Å²) in [5.74, 6) is -3.56. The zero-order valence-electron chi connectivity index (χ0n) is 24.0. The van der Waals surface area contributed by atoms with Gasteiger partial charge in [0.05, 0.1) is 59.6 Å². The Morgan fingerprint density at radius 3 is 2.19 bits per heavy atom. The first-order chi connectivity index (χ1) is 19.5. The van der Waals surface area contributed by atoms with E-state index in [1.165, 1.54) is 25.7 Å². The van der Waals surface area contributed by atoms with Crippen LogP contribution >= 0.6 is 67.8 Å². The van der Waals surface area contributed by atoms with E-state index in [9.17, 15) is 29.1 Å². The second kappa shape index (κ2) is 16.1. The number of hydrogen-bond donors (Lipinski definition) is 3. The number of carbonyl (C=O) groups excluding carboxylic acids is 5. The zero-order chi connectivity index (χ0) is 31.9. The first-order valence-corrected chi connectivity index (χ1v) is 16.1. The summed E-state index contributed by atoms with van der Waals surface area (Å²) in [4.78, 5) is 63.9. The Bertz CT molecular complexity index is 1230. The summed E-state index contributed by atoms with van der Waals surface area (Å²) in [6, 6.07) is -0.816. The molecule has 42 heavy (non-hydrogen) atoms. The van der Waals surface area contributed by atoms with Crippen LogP contribution in [0.1, 0.15) is 58.3 Å². The minimum Gasteiger partial charge on any atom is -0.462 e. The summed E-state index contributed by atoms with van der Waals surface area (Å²) in [5, 5.41) is 16.3. The van der Waals surface area contributed by atoms with E-state index in [4.69, 9.17) is 18.9 Å². The second-order valence-corrected chi connectivity index (χ2v) is 13.0. The van der Waals surface area contributed by atoms with E-state index >= 15 is 0 Å². The molecule has 1 aromatic rings. The molecular weight excluding hydrogens is 895 g/mol. The van der Waals surface area contributed by atoms with Gasteiger partial charge in [0, 0.05) is 27.2 Å². The fraction of sp³-hybridized carbons (Fsp3) is 0.577. The van der Waals surface area contributed by atoms with Gasteiger partial charge in [0.15, 0.2) is 11.9 Å². The van der Waals surface area contributed by atoms with Crippen molar-refractivity contribution in [3.63, 3.8) is 0 Å². The van der Waals surface area contributed by atoms with Gasteiger partial charge in [-0.2, -0.15) is 0 Å². The van der Waals surface area contributed by atoms with Crippen molar-refractivity contribution in [2.45, 2.75) is 72.0 Å². The van der Waals surface area contributed by atoms with Crippen LogP contribution in [0.15, 0.2) is 0 Å². The average Bonchev–Trinajstić information content (AvgIpc) is 3.01. The van der Waals surface area contributed by atoms with Crippen molar-refractivity contribution in [1.82, 2.24) is 5.32 Å². The van der Waals surface area contributed by atoms with Gasteiger partial charge in [-0.1, -0.05) is 6.92 Å². The number of halogens is 3. The number of amides is 3. The molecular formula is C26H34I3N3O10. The molecule has 13 nitrogen and oxygen atoms in total. The van der Waals surface area contributed by atoms with Crippen molar-refractivity contribution in [2.24, 2.45) is 0 Å². The Balaban J connectivity index is 2.66. The maximum atomic E-state index is 13.8. The summed E-state index contributed by atoms with van der Waals surface area (Å²) < 4.78 is 22.8. The number of rotatable bonds is 10. The maximum absolute atomic E-state index is 13.8. The quantitative estimate of drug-likeness (QED) is 0.235. The molecule has 1 saturated heterocycles. The molecule has 234 valence electrons. The van der Waals surface area contributed by atoms with Crippen LogP contribution in [0.4, 0.5) is 11.4 Å². The Morgan fingerprint density at radius 2 is 1.64 bits per heavy atom. The molecule has 3 atom stereocenters. The number of anilines is 2. The number of aliphatic hydroxyl groups is 1. The molecule has 0 spiro atoms. The molecule has 0 saturated carbocycles. The van der Waals surface area contributed by atoms with Gasteiger partial charge in [-0.25, -0.2) is 0 Å². The summed E-state index contributed by atoms with van der Waals surface area (Å²) >= 11 is 5.88. The molecule has 1 aromatic carbocycles. The minimum atomic E-state index is -1.06. The predicted molar refractivity (Wildman–Crippen MR) is 177 cm³/mol. The SMILES string of the molecule is CCC(=O)Nc1c(I)c(C(=O)NC2COC(C)(C)OCC2O)c(I)c(N(CC(COC(C)=O)OC(C)=O)C(C)=O)c1I. The molecule has 0 aromatic heterocycles. The molecule has 1 heterocycles. The normalized spacial score (nSPS) is 18.7. The van der Waals surface area contributed by atoms with Crippen molar-refractivity contribution in [3.8, 4) is 0 Å². The number of benzene rings is 1. The third-order valence-electron chi connectivity index (χ3n) is 5.94. The zero-order valence-corrected chi connectivity index (χ0v) is 30.4. The topological polar surface area (TPSA) is 170 Å². The van der Waals surface area contributed by atoms with Crippen molar-refractivity contribution < 1.29 is 48.0 Å². The van der Waals surface area contributed by atoms with E-state index in [0.717, 1.165) is 0 Å². The number of nitrogens with zero attached hydrogens (tertiary/aromatic N) is 1. The Kier molecular flexibility index (Phi) is 14.1. The second-order valence-electron chi connectivity index (χ2n) is 9.78. The summed E-state index contributed by atoms with van der Waals surface area (Å²) in [5.41, 5.74) is 0.730. The number of esters is 2. The van der Waals surface area contributed by atoms with Crippen LogP contribution in [0.3, 0.4) is 0 Å². The molecule has 1 fully saturated rings. The molecule has 16 heteroatoms. The van der Waals surface area contributed by atoms with Crippen LogP contribution in [0.5, 0.6) is 0 Å². The van der Waals surface area contributed by atoms with E-state index in [-0.39, 0.29) is 49.9 Å². The molecule has 3 unspecified atom stereocenters. The first-order valence-electron chi connectivity index (χ1n) is 12.8. The van der Waals surface area contributed by atoms with Crippen molar-refractivity contribution in [2.75, 3.05) is 36.6 Å². The highest BCUT2D eigenvalue weighted by Gasteiger charge is 2.35. The molecule has 1 aliphatic heterocycles. The highest BCUT2D eigenvalue weighted by atomic mass is 127. The molecule has 1 aliphatic rings. The Morgan fingerprint density at radius 1 is 1.02 bits per heavy atom. The highest BCUT2D eigenvalue weighted by molar-refractivity contribution is 14.1. The minimum absolute atomic E-state index is 0.0243. The third-order valence-corrected chi connectivity index (χ3v) is 9.12. The maximum Gasteiger partial charge on any atom is 0.303 e. The fourth-order valence-corrected chi connectivity index (χ4v) is 8.31. The summed E-state index contributed by atoms with van der Waals surface area (Å²) in [6.45, 7) is 8.16. The molecule has 3 amide bonds. The van der Waals surface area contributed by atoms with Crippen LogP contribution in [-0.2, 0) is 38.1 Å². The van der Waals surface area contributed by atoms with Gasteiger partial charge in [0.1, 0.15) is 6.61 Å². The summed E-state index contributed by atoms with van der Waals surface area (Å²) in [7, 11) is 0. The summed E-state index contributed by atoms with van der Waals surface area (Å²) in [6.07, 6.45) is -1.93. The number of carbonyl (C=O) groups is 5. The monoisotopic (exact) mass is 929 g/mol. The Hall–Kier alpha value is -1.36. The lowest BCUT2D eigenvalue weighted by molar-refractivity contribution is -0.203. The number of ether oxygens (including phenoxy) is 4. The lowest BCUT2D eigenvalue weighted by Crippen LogP contribution is -2.47. The van der Waals surface area contributed by atoms with E-state index in [1.807, 2.05) is 67.8 Å². The molecule has 0 aliphatic carbocycles.